The number of hydrogen-bond donors (Lipinski definition) is 2. The number of hydrogen-bond acceptors (Lipinski definition) is 3. The molecular formula is C18H24N2O4. The first kappa shape index (κ1) is 18.0. The zero-order valence-electron chi connectivity index (χ0n) is 14.1. The highest BCUT2D eigenvalue weighted by atomic mass is 16.4. The summed E-state index contributed by atoms with van der Waals surface area (Å²) in [5.41, 5.74) is 2.12. The number of carboxylic acid groups (broad SMARTS) is 1. The number of carbonyl (C=O) groups excluding carboxylic acids is 2. The fraction of sp³-hybridized carbons (Fsp3) is 0.500. The zero-order valence-corrected chi connectivity index (χ0v) is 14.1. The Kier molecular flexibility index (Phi) is 5.95. The van der Waals surface area contributed by atoms with Gasteiger partial charge in [0, 0.05) is 25.4 Å². The maximum atomic E-state index is 12.7. The van der Waals surface area contributed by atoms with E-state index in [1.165, 1.54) is 0 Å². The summed E-state index contributed by atoms with van der Waals surface area (Å²) in [4.78, 5) is 37.4. The third kappa shape index (κ3) is 4.13. The first-order valence-electron chi connectivity index (χ1n) is 8.30. The molecule has 0 radical (unpaired) electrons. The van der Waals surface area contributed by atoms with Crippen LogP contribution in [-0.4, -0.2) is 40.4 Å². The van der Waals surface area contributed by atoms with Crippen LogP contribution in [0.2, 0.25) is 0 Å². The third-order valence-electron chi connectivity index (χ3n) is 4.51. The van der Waals surface area contributed by atoms with Gasteiger partial charge in [-0.3, -0.25) is 14.4 Å². The molecule has 2 unspecified atom stereocenters. The lowest BCUT2D eigenvalue weighted by Gasteiger charge is -2.37. The van der Waals surface area contributed by atoms with E-state index in [1.54, 1.807) is 4.90 Å². The quantitative estimate of drug-likeness (QED) is 0.828. The highest BCUT2D eigenvalue weighted by molar-refractivity contribution is 5.89. The Balaban J connectivity index is 2.19. The van der Waals surface area contributed by atoms with Crippen molar-refractivity contribution in [3.63, 3.8) is 0 Å². The molecule has 1 heterocycles. The smallest absolute Gasteiger partial charge is 0.305 e. The number of amides is 2. The van der Waals surface area contributed by atoms with Crippen LogP contribution in [0.3, 0.4) is 0 Å². The molecule has 6 heteroatoms. The molecule has 2 atom stereocenters. The monoisotopic (exact) mass is 332 g/mol. The molecule has 2 N–H and O–H groups in total. The van der Waals surface area contributed by atoms with Crippen LogP contribution in [0.25, 0.3) is 0 Å². The van der Waals surface area contributed by atoms with Gasteiger partial charge in [-0.2, -0.15) is 0 Å². The predicted molar refractivity (Wildman–Crippen MR) is 89.2 cm³/mol. The highest BCUT2D eigenvalue weighted by Crippen LogP contribution is 2.25. The van der Waals surface area contributed by atoms with Gasteiger partial charge in [0.2, 0.25) is 11.8 Å². The summed E-state index contributed by atoms with van der Waals surface area (Å²) in [6.45, 7) is 4.29. The Morgan fingerprint density at radius 2 is 1.96 bits per heavy atom. The summed E-state index contributed by atoms with van der Waals surface area (Å²) in [5.74, 6) is -1.44. The van der Waals surface area contributed by atoms with Crippen molar-refractivity contribution in [3.8, 4) is 0 Å². The topological polar surface area (TPSA) is 86.7 Å². The van der Waals surface area contributed by atoms with Crippen molar-refractivity contribution in [2.45, 2.75) is 45.7 Å². The molecule has 0 bridgehead atoms. The van der Waals surface area contributed by atoms with Crippen molar-refractivity contribution in [1.29, 1.82) is 0 Å². The SMILES string of the molecule is CCC(C)C(=O)N1Cc2ccccc2CC1C(=O)NCCC(=O)O. The number of carbonyl (C=O) groups is 3. The molecule has 1 aromatic rings. The summed E-state index contributed by atoms with van der Waals surface area (Å²) in [5, 5.41) is 11.3. The lowest BCUT2D eigenvalue weighted by Crippen LogP contribution is -2.54. The van der Waals surface area contributed by atoms with Crippen LogP contribution >= 0.6 is 0 Å². The lowest BCUT2D eigenvalue weighted by atomic mass is 9.92. The average molecular weight is 332 g/mol. The number of nitrogens with one attached hydrogen (secondary N) is 1. The van der Waals surface area contributed by atoms with E-state index in [9.17, 15) is 14.4 Å². The van der Waals surface area contributed by atoms with E-state index in [4.69, 9.17) is 5.11 Å². The molecule has 130 valence electrons. The Morgan fingerprint density at radius 3 is 2.58 bits per heavy atom. The number of aliphatic carboxylic acids is 1. The zero-order chi connectivity index (χ0) is 17.7. The molecule has 1 aliphatic rings. The summed E-state index contributed by atoms with van der Waals surface area (Å²) in [7, 11) is 0. The van der Waals surface area contributed by atoms with Crippen LogP contribution in [0.15, 0.2) is 24.3 Å². The average Bonchev–Trinajstić information content (AvgIpc) is 2.58. The van der Waals surface area contributed by atoms with Crippen LogP contribution in [0.4, 0.5) is 0 Å². The molecule has 0 aliphatic carbocycles. The van der Waals surface area contributed by atoms with Gasteiger partial charge in [-0.25, -0.2) is 0 Å². The van der Waals surface area contributed by atoms with Crippen LogP contribution in [-0.2, 0) is 27.3 Å². The van der Waals surface area contributed by atoms with E-state index in [2.05, 4.69) is 5.32 Å². The van der Waals surface area contributed by atoms with Crippen molar-refractivity contribution in [2.24, 2.45) is 5.92 Å². The Labute approximate surface area is 141 Å². The Morgan fingerprint density at radius 1 is 1.29 bits per heavy atom. The van der Waals surface area contributed by atoms with Crippen LogP contribution < -0.4 is 5.32 Å². The minimum atomic E-state index is -0.961. The Hall–Kier alpha value is -2.37. The molecule has 2 rings (SSSR count). The van der Waals surface area contributed by atoms with Crippen LogP contribution in [0.1, 0.15) is 37.8 Å². The summed E-state index contributed by atoms with van der Waals surface area (Å²) >= 11 is 0. The molecule has 24 heavy (non-hydrogen) atoms. The first-order valence-corrected chi connectivity index (χ1v) is 8.30. The summed E-state index contributed by atoms with van der Waals surface area (Å²) < 4.78 is 0. The van der Waals surface area contributed by atoms with Crippen molar-refractivity contribution in [3.05, 3.63) is 35.4 Å². The largest absolute Gasteiger partial charge is 0.481 e. The van der Waals surface area contributed by atoms with Crippen LogP contribution in [0.5, 0.6) is 0 Å². The molecule has 0 fully saturated rings. The molecule has 1 aromatic carbocycles. The van der Waals surface area contributed by atoms with Gasteiger partial charge >= 0.3 is 5.97 Å². The summed E-state index contributed by atoms with van der Waals surface area (Å²) in [6, 6.07) is 7.21. The van der Waals surface area contributed by atoms with Gasteiger partial charge in [0.1, 0.15) is 6.04 Å². The maximum Gasteiger partial charge on any atom is 0.305 e. The Bertz CT molecular complexity index is 629. The molecule has 0 saturated heterocycles. The van der Waals surface area contributed by atoms with Gasteiger partial charge in [-0.05, 0) is 17.5 Å². The van der Waals surface area contributed by atoms with Gasteiger partial charge in [0.05, 0.1) is 6.42 Å². The van der Waals surface area contributed by atoms with E-state index in [0.29, 0.717) is 19.4 Å². The van der Waals surface area contributed by atoms with E-state index >= 15 is 0 Å². The van der Waals surface area contributed by atoms with E-state index in [0.717, 1.165) is 11.1 Å². The molecule has 0 saturated carbocycles. The molecule has 6 nitrogen and oxygen atoms in total. The maximum absolute atomic E-state index is 12.7. The van der Waals surface area contributed by atoms with Crippen molar-refractivity contribution >= 4 is 17.8 Å². The van der Waals surface area contributed by atoms with Gasteiger partial charge < -0.3 is 15.3 Å². The van der Waals surface area contributed by atoms with Gasteiger partial charge in [-0.1, -0.05) is 38.1 Å². The normalized spacial score (nSPS) is 17.8. The van der Waals surface area contributed by atoms with Crippen molar-refractivity contribution < 1.29 is 19.5 Å². The fourth-order valence-corrected chi connectivity index (χ4v) is 2.86. The third-order valence-corrected chi connectivity index (χ3v) is 4.51. The van der Waals surface area contributed by atoms with Crippen molar-refractivity contribution in [2.75, 3.05) is 6.54 Å². The standard InChI is InChI=1S/C18H24N2O4/c1-3-12(2)18(24)20-11-14-7-5-4-6-13(14)10-15(20)17(23)19-9-8-16(21)22/h4-7,12,15H,3,8-11H2,1-2H3,(H,19,23)(H,21,22). The number of benzene rings is 1. The second-order valence-corrected chi connectivity index (χ2v) is 6.20. The molecular weight excluding hydrogens is 308 g/mol. The highest BCUT2D eigenvalue weighted by Gasteiger charge is 2.35. The molecule has 0 spiro atoms. The van der Waals surface area contributed by atoms with E-state index in [1.807, 2.05) is 38.1 Å². The number of nitrogens with zero attached hydrogens (tertiary/aromatic N) is 1. The number of fused-ring (bicyclic) bond motifs is 1. The second kappa shape index (κ2) is 7.95. The van der Waals surface area contributed by atoms with Crippen LogP contribution in [0, 0.1) is 5.92 Å². The van der Waals surface area contributed by atoms with Gasteiger partial charge in [0.15, 0.2) is 0 Å². The molecule has 2 amide bonds. The summed E-state index contributed by atoms with van der Waals surface area (Å²) in [6.07, 6.45) is 1.04. The second-order valence-electron chi connectivity index (χ2n) is 6.20. The number of rotatable bonds is 6. The molecule has 0 aromatic heterocycles. The lowest BCUT2D eigenvalue weighted by molar-refractivity contribution is -0.145. The fourth-order valence-electron chi connectivity index (χ4n) is 2.86. The minimum absolute atomic E-state index is 0.0367. The minimum Gasteiger partial charge on any atom is -0.481 e. The first-order chi connectivity index (χ1) is 11.4. The van der Waals surface area contributed by atoms with E-state index < -0.39 is 12.0 Å². The predicted octanol–water partition coefficient (Wildman–Crippen LogP) is 1.58. The molecule has 1 aliphatic heterocycles. The van der Waals surface area contributed by atoms with Crippen molar-refractivity contribution in [1.82, 2.24) is 10.2 Å². The van der Waals surface area contributed by atoms with Gasteiger partial charge in [0.25, 0.3) is 0 Å². The number of carboxylic acids is 1. The van der Waals surface area contributed by atoms with Gasteiger partial charge in [-0.15, -0.1) is 0 Å². The van der Waals surface area contributed by atoms with E-state index in [-0.39, 0.29) is 30.7 Å².